The molecule has 36 heavy (non-hydrogen) atoms. The molecule has 3 aromatic carbocycles. The Morgan fingerprint density at radius 3 is 1.78 bits per heavy atom. The van der Waals surface area contributed by atoms with Crippen LogP contribution < -0.4 is 0 Å². The number of benzene rings is 3. The van der Waals surface area contributed by atoms with Gasteiger partial charge in [-0.15, -0.1) is 6.42 Å². The largest absolute Gasteiger partial charge is 0.374 e. The quantitative estimate of drug-likeness (QED) is 0.157. The van der Waals surface area contributed by atoms with Gasteiger partial charge in [0.05, 0.1) is 32.5 Å². The van der Waals surface area contributed by atoms with Gasteiger partial charge in [-0.05, 0) is 22.2 Å². The van der Waals surface area contributed by atoms with Crippen LogP contribution in [0.25, 0.3) is 10.4 Å². The Balaban J connectivity index is 1.56. The maximum absolute atomic E-state index is 9.28. The highest BCUT2D eigenvalue weighted by Crippen LogP contribution is 2.30. The third-order valence-electron chi connectivity index (χ3n) is 5.97. The van der Waals surface area contributed by atoms with Gasteiger partial charge in [0, 0.05) is 4.91 Å². The van der Waals surface area contributed by atoms with Crippen LogP contribution in [0.4, 0.5) is 0 Å². The number of hydrogen-bond acceptors (Lipinski definition) is 5. The van der Waals surface area contributed by atoms with Gasteiger partial charge in [0.2, 0.25) is 0 Å². The molecule has 1 aliphatic rings. The zero-order valence-electron chi connectivity index (χ0n) is 19.9. The lowest BCUT2D eigenvalue weighted by molar-refractivity contribution is -0.217. The molecular weight excluding hydrogens is 454 g/mol. The topological polar surface area (TPSA) is 85.7 Å². The molecule has 1 fully saturated rings. The molecule has 4 rings (SSSR count). The lowest BCUT2D eigenvalue weighted by Gasteiger charge is -2.43. The summed E-state index contributed by atoms with van der Waals surface area (Å²) in [6.45, 7) is 1.30. The number of terminal acetylenes is 1. The van der Waals surface area contributed by atoms with Crippen molar-refractivity contribution in [1.29, 1.82) is 0 Å². The summed E-state index contributed by atoms with van der Waals surface area (Å²) in [4.78, 5) is 3.03. The predicted octanol–water partition coefficient (Wildman–Crippen LogP) is 5.45. The fraction of sp³-hybridized carbons (Fsp3) is 0.310. The van der Waals surface area contributed by atoms with Crippen LogP contribution in [-0.2, 0) is 38.8 Å². The predicted molar refractivity (Wildman–Crippen MR) is 137 cm³/mol. The molecule has 1 saturated heterocycles. The summed E-state index contributed by atoms with van der Waals surface area (Å²) in [6.07, 6.45) is 3.28. The zero-order chi connectivity index (χ0) is 25.0. The van der Waals surface area contributed by atoms with Crippen LogP contribution in [0, 0.1) is 12.3 Å². The second-order valence-electron chi connectivity index (χ2n) is 8.48. The molecule has 0 spiro atoms. The number of hydrogen-bond donors (Lipinski definition) is 0. The molecule has 7 heteroatoms. The van der Waals surface area contributed by atoms with Crippen molar-refractivity contribution in [2.24, 2.45) is 5.11 Å². The summed E-state index contributed by atoms with van der Waals surface area (Å²) in [6, 6.07) is 28.8. The summed E-state index contributed by atoms with van der Waals surface area (Å²) in [5.41, 5.74) is 12.3. The average molecular weight is 484 g/mol. The lowest BCUT2D eigenvalue weighted by Crippen LogP contribution is -2.59. The first-order valence-electron chi connectivity index (χ1n) is 11.9. The minimum absolute atomic E-state index is 0.237. The van der Waals surface area contributed by atoms with E-state index in [2.05, 4.69) is 15.9 Å². The van der Waals surface area contributed by atoms with Crippen molar-refractivity contribution in [1.82, 2.24) is 0 Å². The number of nitrogens with zero attached hydrogens (tertiary/aromatic N) is 3. The first kappa shape index (κ1) is 25.5. The smallest absolute Gasteiger partial charge is 0.129 e. The number of azide groups is 1. The van der Waals surface area contributed by atoms with Gasteiger partial charge in [0.15, 0.2) is 0 Å². The van der Waals surface area contributed by atoms with E-state index >= 15 is 0 Å². The van der Waals surface area contributed by atoms with E-state index in [0.29, 0.717) is 19.8 Å². The standard InChI is InChI=1S/C29H29N3O4/c1-2-25-27(31-32-30)29(35-20-24-16-10-5-11-17-24)28(34-19-23-14-8-4-9-15-23)26(36-25)21-33-18-22-12-6-3-7-13-22/h1,3-17,25-29H,18-21H2/t25-,26+,27+,28+,29+/m0/s1. The van der Waals surface area contributed by atoms with Gasteiger partial charge in [-0.3, -0.25) is 0 Å². The highest BCUT2D eigenvalue weighted by molar-refractivity contribution is 5.16. The molecule has 1 heterocycles. The molecular formula is C29H29N3O4. The van der Waals surface area contributed by atoms with Crippen molar-refractivity contribution < 1.29 is 18.9 Å². The Morgan fingerprint density at radius 1 is 0.778 bits per heavy atom. The van der Waals surface area contributed by atoms with Crippen LogP contribution in [-0.4, -0.2) is 37.1 Å². The molecule has 0 radical (unpaired) electrons. The molecule has 0 unspecified atom stereocenters. The SMILES string of the molecule is C#C[C@@H]1O[C@H](COCc2ccccc2)[C@@H](OCc2ccccc2)[C@H](OCc2ccccc2)[C@@H]1N=[N+]=[N-]. The average Bonchev–Trinajstić information content (AvgIpc) is 2.93. The summed E-state index contributed by atoms with van der Waals surface area (Å²) in [5.74, 6) is 2.62. The minimum atomic E-state index is -0.774. The van der Waals surface area contributed by atoms with Gasteiger partial charge in [-0.25, -0.2) is 0 Å². The second kappa shape index (κ2) is 13.5. The molecule has 0 amide bonds. The van der Waals surface area contributed by atoms with Crippen molar-refractivity contribution in [2.45, 2.75) is 50.3 Å². The first-order chi connectivity index (χ1) is 17.8. The lowest BCUT2D eigenvalue weighted by atomic mass is 9.93. The number of rotatable bonds is 11. The fourth-order valence-corrected chi connectivity index (χ4v) is 4.18. The summed E-state index contributed by atoms with van der Waals surface area (Å²) in [7, 11) is 0. The maximum atomic E-state index is 9.28. The van der Waals surface area contributed by atoms with Gasteiger partial charge < -0.3 is 18.9 Å². The summed E-state index contributed by atoms with van der Waals surface area (Å²) >= 11 is 0. The highest BCUT2D eigenvalue weighted by Gasteiger charge is 2.46. The van der Waals surface area contributed by atoms with Crippen molar-refractivity contribution >= 4 is 0 Å². The van der Waals surface area contributed by atoms with E-state index in [-0.39, 0.29) is 6.61 Å². The van der Waals surface area contributed by atoms with Crippen molar-refractivity contribution in [2.75, 3.05) is 6.61 Å². The normalized spacial score (nSPS) is 23.4. The molecule has 7 nitrogen and oxygen atoms in total. The van der Waals surface area contributed by atoms with Crippen LogP contribution in [0.1, 0.15) is 16.7 Å². The van der Waals surface area contributed by atoms with E-state index < -0.39 is 30.5 Å². The Kier molecular flexibility index (Phi) is 9.52. The molecule has 1 aliphatic heterocycles. The summed E-state index contributed by atoms with van der Waals surface area (Å²) in [5, 5.41) is 3.96. The Hall–Kier alpha value is -3.63. The van der Waals surface area contributed by atoms with E-state index in [0.717, 1.165) is 16.7 Å². The molecule has 3 aromatic rings. The second-order valence-corrected chi connectivity index (χ2v) is 8.48. The van der Waals surface area contributed by atoms with Gasteiger partial charge in [0.1, 0.15) is 24.4 Å². The monoisotopic (exact) mass is 483 g/mol. The van der Waals surface area contributed by atoms with Crippen LogP contribution in [0.15, 0.2) is 96.1 Å². The molecule has 0 aromatic heterocycles. The molecule has 0 aliphatic carbocycles. The fourth-order valence-electron chi connectivity index (χ4n) is 4.18. The van der Waals surface area contributed by atoms with Gasteiger partial charge in [-0.1, -0.05) is 102 Å². The van der Waals surface area contributed by atoms with Crippen molar-refractivity contribution in [3.05, 3.63) is 118 Å². The first-order valence-corrected chi connectivity index (χ1v) is 11.9. The van der Waals surface area contributed by atoms with Gasteiger partial charge >= 0.3 is 0 Å². The Morgan fingerprint density at radius 2 is 1.28 bits per heavy atom. The van der Waals surface area contributed by atoms with Gasteiger partial charge in [-0.2, -0.15) is 0 Å². The van der Waals surface area contributed by atoms with E-state index in [1.165, 1.54) is 0 Å². The molecule has 0 bridgehead atoms. The summed E-state index contributed by atoms with van der Waals surface area (Å²) < 4.78 is 24.9. The van der Waals surface area contributed by atoms with Gasteiger partial charge in [0.25, 0.3) is 0 Å². The van der Waals surface area contributed by atoms with Crippen LogP contribution in [0.2, 0.25) is 0 Å². The van der Waals surface area contributed by atoms with E-state index in [1.54, 1.807) is 0 Å². The Bertz CT molecular complexity index is 1150. The third kappa shape index (κ3) is 6.96. The van der Waals surface area contributed by atoms with Crippen LogP contribution in [0.5, 0.6) is 0 Å². The van der Waals surface area contributed by atoms with E-state index in [4.69, 9.17) is 25.4 Å². The highest BCUT2D eigenvalue weighted by atomic mass is 16.6. The minimum Gasteiger partial charge on any atom is -0.374 e. The molecule has 0 N–H and O–H groups in total. The van der Waals surface area contributed by atoms with Crippen LogP contribution >= 0.6 is 0 Å². The maximum Gasteiger partial charge on any atom is 0.129 e. The zero-order valence-corrected chi connectivity index (χ0v) is 19.9. The molecule has 5 atom stereocenters. The molecule has 184 valence electrons. The number of ether oxygens (including phenoxy) is 4. The van der Waals surface area contributed by atoms with Crippen LogP contribution in [0.3, 0.4) is 0 Å². The molecule has 0 saturated carbocycles. The van der Waals surface area contributed by atoms with Crippen molar-refractivity contribution in [3.63, 3.8) is 0 Å². The Labute approximate surface area is 211 Å². The van der Waals surface area contributed by atoms with E-state index in [1.807, 2.05) is 91.0 Å². The van der Waals surface area contributed by atoms with E-state index in [9.17, 15) is 5.53 Å². The third-order valence-corrected chi connectivity index (χ3v) is 5.97. The van der Waals surface area contributed by atoms with Crippen molar-refractivity contribution in [3.8, 4) is 12.3 Å².